The van der Waals surface area contributed by atoms with Crippen molar-refractivity contribution < 1.29 is 18.3 Å². The second kappa shape index (κ2) is 7.45. The van der Waals surface area contributed by atoms with Gasteiger partial charge in [0.15, 0.2) is 17.4 Å². The molecule has 0 saturated heterocycles. The van der Waals surface area contributed by atoms with Gasteiger partial charge in [-0.15, -0.1) is 6.42 Å². The first kappa shape index (κ1) is 17.3. The van der Waals surface area contributed by atoms with E-state index in [0.29, 0.717) is 11.8 Å². The molecule has 1 fully saturated rings. The summed E-state index contributed by atoms with van der Waals surface area (Å²) in [4.78, 5) is 12.3. The Hall–Kier alpha value is -2.09. The van der Waals surface area contributed by atoms with E-state index in [4.69, 9.17) is 11.2 Å². The van der Waals surface area contributed by atoms with E-state index < -0.39 is 23.3 Å². The predicted octanol–water partition coefficient (Wildman–Crippen LogP) is 3.53. The zero-order chi connectivity index (χ0) is 17.0. The molecular weight excluding hydrogens is 300 g/mol. The zero-order valence-corrected chi connectivity index (χ0v) is 13.4. The topological polar surface area (TPSA) is 38.3 Å². The van der Waals surface area contributed by atoms with Gasteiger partial charge in [-0.2, -0.15) is 0 Å². The SMILES string of the molecule is C#CCOc1c(F)cc(C(=O)NC2C(C)CCCC2C)cc1F. The molecule has 1 aromatic carbocycles. The summed E-state index contributed by atoms with van der Waals surface area (Å²) in [6.45, 7) is 3.92. The van der Waals surface area contributed by atoms with Crippen LogP contribution in [0.5, 0.6) is 5.75 Å². The second-order valence-electron chi connectivity index (χ2n) is 6.15. The molecule has 1 saturated carbocycles. The van der Waals surface area contributed by atoms with Gasteiger partial charge in [-0.05, 0) is 36.8 Å². The van der Waals surface area contributed by atoms with Crippen LogP contribution in [0.25, 0.3) is 0 Å². The molecule has 0 aliphatic heterocycles. The van der Waals surface area contributed by atoms with Crippen molar-refractivity contribution in [3.05, 3.63) is 29.3 Å². The number of nitrogens with one attached hydrogen (secondary N) is 1. The fraction of sp³-hybridized carbons (Fsp3) is 0.500. The summed E-state index contributed by atoms with van der Waals surface area (Å²) in [6, 6.07) is 1.96. The lowest BCUT2D eigenvalue weighted by Crippen LogP contribution is -2.45. The van der Waals surface area contributed by atoms with Crippen molar-refractivity contribution in [2.24, 2.45) is 11.8 Å². The van der Waals surface area contributed by atoms with Crippen molar-refractivity contribution in [2.75, 3.05) is 6.61 Å². The molecule has 2 rings (SSSR count). The molecule has 0 bridgehead atoms. The van der Waals surface area contributed by atoms with Crippen molar-refractivity contribution >= 4 is 5.91 Å². The summed E-state index contributed by atoms with van der Waals surface area (Å²) < 4.78 is 32.6. The smallest absolute Gasteiger partial charge is 0.251 e. The molecule has 0 heterocycles. The Morgan fingerprint density at radius 2 is 1.87 bits per heavy atom. The van der Waals surface area contributed by atoms with Gasteiger partial charge in [-0.25, -0.2) is 8.78 Å². The van der Waals surface area contributed by atoms with E-state index in [1.165, 1.54) is 0 Å². The Morgan fingerprint density at radius 1 is 1.30 bits per heavy atom. The zero-order valence-electron chi connectivity index (χ0n) is 13.4. The summed E-state index contributed by atoms with van der Waals surface area (Å²) in [5.74, 6) is -0.0784. The molecule has 0 aromatic heterocycles. The van der Waals surface area contributed by atoms with E-state index in [-0.39, 0.29) is 18.2 Å². The summed E-state index contributed by atoms with van der Waals surface area (Å²) in [5, 5.41) is 2.91. The Balaban J connectivity index is 2.15. The van der Waals surface area contributed by atoms with E-state index in [9.17, 15) is 13.6 Å². The fourth-order valence-electron chi connectivity index (χ4n) is 3.14. The van der Waals surface area contributed by atoms with Crippen LogP contribution < -0.4 is 10.1 Å². The Kier molecular flexibility index (Phi) is 5.59. The third kappa shape index (κ3) is 4.01. The molecule has 2 unspecified atom stereocenters. The summed E-state index contributed by atoms with van der Waals surface area (Å²) in [5.41, 5.74) is -0.0574. The van der Waals surface area contributed by atoms with Gasteiger partial charge in [0.2, 0.25) is 0 Å². The molecule has 23 heavy (non-hydrogen) atoms. The van der Waals surface area contributed by atoms with Crippen LogP contribution in [0.2, 0.25) is 0 Å². The molecule has 1 aliphatic carbocycles. The van der Waals surface area contributed by atoms with E-state index in [1.807, 2.05) is 0 Å². The normalized spacial score (nSPS) is 23.9. The highest BCUT2D eigenvalue weighted by molar-refractivity contribution is 5.94. The van der Waals surface area contributed by atoms with Crippen molar-refractivity contribution in [3.8, 4) is 18.1 Å². The van der Waals surface area contributed by atoms with Crippen molar-refractivity contribution in [1.29, 1.82) is 0 Å². The third-order valence-corrected chi connectivity index (χ3v) is 4.40. The molecule has 1 N–H and O–H groups in total. The molecule has 1 aromatic rings. The Bertz CT molecular complexity index is 591. The number of ether oxygens (including phenoxy) is 1. The number of amides is 1. The lowest BCUT2D eigenvalue weighted by atomic mass is 9.78. The minimum absolute atomic E-state index is 0.0136. The first-order chi connectivity index (χ1) is 10.9. The van der Waals surface area contributed by atoms with Crippen LogP contribution in [0.4, 0.5) is 8.78 Å². The first-order valence-electron chi connectivity index (χ1n) is 7.80. The van der Waals surface area contributed by atoms with Crippen LogP contribution in [0, 0.1) is 35.8 Å². The van der Waals surface area contributed by atoms with Crippen LogP contribution >= 0.6 is 0 Å². The second-order valence-corrected chi connectivity index (χ2v) is 6.15. The molecule has 2 atom stereocenters. The predicted molar refractivity (Wildman–Crippen MR) is 84.1 cm³/mol. The van der Waals surface area contributed by atoms with Crippen LogP contribution in [0.1, 0.15) is 43.5 Å². The highest BCUT2D eigenvalue weighted by Gasteiger charge is 2.29. The molecule has 1 amide bonds. The largest absolute Gasteiger partial charge is 0.475 e. The number of hydrogen-bond donors (Lipinski definition) is 1. The van der Waals surface area contributed by atoms with Crippen molar-refractivity contribution in [1.82, 2.24) is 5.32 Å². The van der Waals surface area contributed by atoms with Crippen LogP contribution in [-0.4, -0.2) is 18.6 Å². The van der Waals surface area contributed by atoms with E-state index in [1.54, 1.807) is 0 Å². The molecule has 0 radical (unpaired) electrons. The van der Waals surface area contributed by atoms with Gasteiger partial charge < -0.3 is 10.1 Å². The summed E-state index contributed by atoms with van der Waals surface area (Å²) >= 11 is 0. The molecule has 3 nitrogen and oxygen atoms in total. The monoisotopic (exact) mass is 321 g/mol. The standard InChI is InChI=1S/C18H21F2NO2/c1-4-8-23-17-14(19)9-13(10-15(17)20)18(22)21-16-11(2)6-5-7-12(16)3/h1,9-12,16H,5-8H2,2-3H3,(H,21,22). The summed E-state index contributed by atoms with van der Waals surface area (Å²) in [7, 11) is 0. The van der Waals surface area contributed by atoms with Gasteiger partial charge in [0.05, 0.1) is 0 Å². The molecule has 5 heteroatoms. The average molecular weight is 321 g/mol. The lowest BCUT2D eigenvalue weighted by Gasteiger charge is -2.35. The maximum Gasteiger partial charge on any atom is 0.251 e. The lowest BCUT2D eigenvalue weighted by molar-refractivity contribution is 0.0879. The number of terminal acetylenes is 1. The highest BCUT2D eigenvalue weighted by atomic mass is 19.1. The molecule has 124 valence electrons. The van der Waals surface area contributed by atoms with Gasteiger partial charge in [-0.1, -0.05) is 26.2 Å². The van der Waals surface area contributed by atoms with Crippen LogP contribution in [-0.2, 0) is 0 Å². The minimum atomic E-state index is -0.935. The first-order valence-corrected chi connectivity index (χ1v) is 7.80. The van der Waals surface area contributed by atoms with Gasteiger partial charge >= 0.3 is 0 Å². The Morgan fingerprint density at radius 3 is 2.39 bits per heavy atom. The van der Waals surface area contributed by atoms with Crippen molar-refractivity contribution in [2.45, 2.75) is 39.2 Å². The molecular formula is C18H21F2NO2. The van der Waals surface area contributed by atoms with E-state index in [0.717, 1.165) is 31.4 Å². The minimum Gasteiger partial charge on any atom is -0.475 e. The van der Waals surface area contributed by atoms with E-state index >= 15 is 0 Å². The quantitative estimate of drug-likeness (QED) is 0.862. The molecule has 1 aliphatic rings. The van der Waals surface area contributed by atoms with Crippen LogP contribution in [0.3, 0.4) is 0 Å². The highest BCUT2D eigenvalue weighted by Crippen LogP contribution is 2.29. The maximum atomic E-state index is 13.9. The number of benzene rings is 1. The van der Waals surface area contributed by atoms with Gasteiger partial charge in [0.25, 0.3) is 5.91 Å². The number of carbonyl (C=O) groups is 1. The van der Waals surface area contributed by atoms with E-state index in [2.05, 4.69) is 25.1 Å². The van der Waals surface area contributed by atoms with Gasteiger partial charge in [0, 0.05) is 11.6 Å². The average Bonchev–Trinajstić information content (AvgIpc) is 2.50. The third-order valence-electron chi connectivity index (χ3n) is 4.40. The van der Waals surface area contributed by atoms with Crippen LogP contribution in [0.15, 0.2) is 12.1 Å². The molecule has 0 spiro atoms. The number of carbonyl (C=O) groups excluding carboxylic acids is 1. The number of halogens is 2. The van der Waals surface area contributed by atoms with Gasteiger partial charge in [-0.3, -0.25) is 4.79 Å². The number of rotatable bonds is 4. The maximum absolute atomic E-state index is 13.9. The number of hydrogen-bond acceptors (Lipinski definition) is 2. The summed E-state index contributed by atoms with van der Waals surface area (Å²) in [6.07, 6.45) is 8.22. The Labute approximate surface area is 135 Å². The fourth-order valence-corrected chi connectivity index (χ4v) is 3.14. The van der Waals surface area contributed by atoms with Crippen molar-refractivity contribution in [3.63, 3.8) is 0 Å². The van der Waals surface area contributed by atoms with Gasteiger partial charge in [0.1, 0.15) is 6.61 Å².